The van der Waals surface area contributed by atoms with Crippen LogP contribution in [0.3, 0.4) is 0 Å². The topological polar surface area (TPSA) is 121 Å². The summed E-state index contributed by atoms with van der Waals surface area (Å²) in [6.07, 6.45) is -0.734. The smallest absolute Gasteiger partial charge is 0.371 e. The molecule has 7 heteroatoms. The molecule has 0 aliphatic carbocycles. The first-order valence-electron chi connectivity index (χ1n) is 4.33. The molecule has 0 atom stereocenters. The van der Waals surface area contributed by atoms with Gasteiger partial charge in [0.05, 0.1) is 18.6 Å². The molecular weight excluding hydrogens is 220 g/mol. The molecule has 3 N–H and O–H groups in total. The van der Waals surface area contributed by atoms with E-state index in [0.717, 1.165) is 6.92 Å². The molecule has 0 bridgehead atoms. The average molecular weight is 232 g/mol. The molecule has 90 valence electrons. The minimum atomic E-state index is -1.54. The lowest BCUT2D eigenvalue weighted by molar-refractivity contribution is -0.138. The lowest BCUT2D eigenvalue weighted by Crippen LogP contribution is -2.16. The molecule has 0 spiro atoms. The van der Waals surface area contributed by atoms with Crippen LogP contribution in [-0.4, -0.2) is 46.3 Å². The fourth-order valence-corrected chi connectivity index (χ4v) is 0.941. The summed E-state index contributed by atoms with van der Waals surface area (Å²) < 4.78 is 4.62. The van der Waals surface area contributed by atoms with Crippen molar-refractivity contribution in [1.82, 2.24) is 0 Å². The van der Waals surface area contributed by atoms with Gasteiger partial charge in [0.25, 0.3) is 0 Å². The highest BCUT2D eigenvalue weighted by Gasteiger charge is 2.21. The third-order valence-corrected chi connectivity index (χ3v) is 1.56. The Hall–Kier alpha value is -1.89. The van der Waals surface area contributed by atoms with Crippen molar-refractivity contribution >= 4 is 17.7 Å². The number of hydrogen-bond acceptors (Lipinski definition) is 5. The molecule has 7 nitrogen and oxygen atoms in total. The van der Waals surface area contributed by atoms with E-state index in [2.05, 4.69) is 4.74 Å². The molecule has 0 unspecified atom stereocenters. The summed E-state index contributed by atoms with van der Waals surface area (Å²) >= 11 is 0. The number of aliphatic carboxylic acids is 2. The molecule has 0 saturated carbocycles. The van der Waals surface area contributed by atoms with Crippen LogP contribution in [0.5, 0.6) is 0 Å². The van der Waals surface area contributed by atoms with Gasteiger partial charge in [0.2, 0.25) is 5.76 Å². The van der Waals surface area contributed by atoms with Crippen molar-refractivity contribution in [3.8, 4) is 0 Å². The highest BCUT2D eigenvalue weighted by atomic mass is 16.5. The Bertz CT molecular complexity index is 329. The molecule has 0 aromatic carbocycles. The van der Waals surface area contributed by atoms with Crippen LogP contribution in [0.1, 0.15) is 13.3 Å². The zero-order valence-corrected chi connectivity index (χ0v) is 8.60. The first-order valence-corrected chi connectivity index (χ1v) is 4.33. The third-order valence-electron chi connectivity index (χ3n) is 1.56. The predicted octanol–water partition coefficient (Wildman–Crippen LogP) is -0.602. The number of carbonyl (C=O) groups is 3. The highest BCUT2D eigenvalue weighted by molar-refractivity contribution is 6.03. The van der Waals surface area contributed by atoms with Crippen LogP contribution in [0, 0.1) is 0 Å². The monoisotopic (exact) mass is 232 g/mol. The number of ether oxygens (including phenoxy) is 1. The van der Waals surface area contributed by atoms with Gasteiger partial charge in [-0.15, -0.1) is 0 Å². The van der Waals surface area contributed by atoms with Crippen molar-refractivity contribution in [3.63, 3.8) is 0 Å². The Labute approximate surface area is 90.9 Å². The second-order valence-electron chi connectivity index (χ2n) is 2.81. The summed E-state index contributed by atoms with van der Waals surface area (Å²) in [6, 6.07) is 0. The van der Waals surface area contributed by atoms with Gasteiger partial charge in [-0.1, -0.05) is 0 Å². The number of carbonyl (C=O) groups excluding carboxylic acids is 1. The summed E-state index contributed by atoms with van der Waals surface area (Å²) in [5, 5.41) is 25.7. The Morgan fingerprint density at radius 3 is 2.06 bits per heavy atom. The van der Waals surface area contributed by atoms with Gasteiger partial charge in [0.15, 0.2) is 5.78 Å². The van der Waals surface area contributed by atoms with Gasteiger partial charge in [-0.05, 0) is 6.92 Å². The van der Waals surface area contributed by atoms with Crippen molar-refractivity contribution in [1.29, 1.82) is 0 Å². The van der Waals surface area contributed by atoms with Gasteiger partial charge in [-0.3, -0.25) is 9.59 Å². The summed E-state index contributed by atoms with van der Waals surface area (Å²) in [4.78, 5) is 32.2. The lowest BCUT2D eigenvalue weighted by Gasteiger charge is -2.09. The van der Waals surface area contributed by atoms with E-state index in [-0.39, 0.29) is 6.61 Å². The fourth-order valence-electron chi connectivity index (χ4n) is 0.941. The van der Waals surface area contributed by atoms with Gasteiger partial charge in [-0.25, -0.2) is 4.79 Å². The molecule has 0 radical (unpaired) electrons. The van der Waals surface area contributed by atoms with Crippen molar-refractivity contribution in [2.45, 2.75) is 13.3 Å². The summed E-state index contributed by atoms with van der Waals surface area (Å²) in [6.45, 7) is 0.288. The molecule has 0 heterocycles. The number of carboxylic acid groups (broad SMARTS) is 2. The van der Waals surface area contributed by atoms with Gasteiger partial charge in [0, 0.05) is 0 Å². The van der Waals surface area contributed by atoms with Crippen LogP contribution >= 0.6 is 0 Å². The molecule has 16 heavy (non-hydrogen) atoms. The first-order chi connectivity index (χ1) is 7.40. The van der Waals surface area contributed by atoms with Gasteiger partial charge >= 0.3 is 11.9 Å². The van der Waals surface area contributed by atoms with Crippen LogP contribution in [0.25, 0.3) is 0 Å². The second kappa shape index (κ2) is 6.57. The number of hydrogen-bond donors (Lipinski definition) is 3. The highest BCUT2D eigenvalue weighted by Crippen LogP contribution is 2.12. The number of aliphatic hydroxyl groups is 1. The first kappa shape index (κ1) is 14.1. The summed E-state index contributed by atoms with van der Waals surface area (Å²) in [5.41, 5.74) is -0.437. The zero-order chi connectivity index (χ0) is 12.7. The van der Waals surface area contributed by atoms with Crippen molar-refractivity contribution in [3.05, 3.63) is 11.3 Å². The number of rotatable bonds is 7. The van der Waals surface area contributed by atoms with Crippen LogP contribution in [0.2, 0.25) is 0 Å². The van der Waals surface area contributed by atoms with Crippen molar-refractivity contribution in [2.75, 3.05) is 13.2 Å². The lowest BCUT2D eigenvalue weighted by atomic mass is 10.1. The SMILES string of the molecule is CC(=O)C(CC(=O)O)=C(OCCO)C(=O)O. The molecular formula is C9H12O7. The van der Waals surface area contributed by atoms with Crippen LogP contribution < -0.4 is 0 Å². The largest absolute Gasteiger partial charge is 0.484 e. The molecule has 0 aliphatic rings. The van der Waals surface area contributed by atoms with Gasteiger partial charge in [0.1, 0.15) is 6.61 Å². The van der Waals surface area contributed by atoms with Crippen LogP contribution in [0.4, 0.5) is 0 Å². The molecule has 0 saturated heterocycles. The molecule has 0 aromatic rings. The van der Waals surface area contributed by atoms with E-state index in [0.29, 0.717) is 0 Å². The Morgan fingerprint density at radius 1 is 1.19 bits per heavy atom. The van der Waals surface area contributed by atoms with E-state index in [1.807, 2.05) is 0 Å². The Balaban J connectivity index is 5.17. The normalized spacial score (nSPS) is 11.6. The van der Waals surface area contributed by atoms with E-state index < -0.39 is 42.1 Å². The average Bonchev–Trinajstić information content (AvgIpc) is 2.15. The molecule has 0 aromatic heterocycles. The maximum Gasteiger partial charge on any atom is 0.371 e. The maximum absolute atomic E-state index is 11.1. The van der Waals surface area contributed by atoms with E-state index >= 15 is 0 Å². The summed E-state index contributed by atoms with van der Waals surface area (Å²) in [7, 11) is 0. The standard InChI is InChI=1S/C9H12O7/c1-5(11)6(4-7(12)13)8(9(14)15)16-3-2-10/h10H,2-4H2,1H3,(H,12,13)(H,14,15). The number of carboxylic acids is 2. The van der Waals surface area contributed by atoms with Crippen molar-refractivity contribution in [2.24, 2.45) is 0 Å². The fraction of sp³-hybridized carbons (Fsp3) is 0.444. The number of Topliss-reactive ketones (excluding diaryl/α,β-unsaturated/α-hetero) is 1. The Morgan fingerprint density at radius 2 is 1.75 bits per heavy atom. The molecule has 0 rings (SSSR count). The van der Waals surface area contributed by atoms with Gasteiger partial charge in [-0.2, -0.15) is 0 Å². The molecule has 0 amide bonds. The van der Waals surface area contributed by atoms with E-state index in [9.17, 15) is 14.4 Å². The van der Waals surface area contributed by atoms with E-state index in [1.165, 1.54) is 0 Å². The second-order valence-corrected chi connectivity index (χ2v) is 2.81. The van der Waals surface area contributed by atoms with Gasteiger partial charge < -0.3 is 20.1 Å². The number of ketones is 1. The minimum Gasteiger partial charge on any atom is -0.484 e. The zero-order valence-electron chi connectivity index (χ0n) is 8.60. The van der Waals surface area contributed by atoms with Crippen molar-refractivity contribution < 1.29 is 34.4 Å². The van der Waals surface area contributed by atoms with Crippen LogP contribution in [-0.2, 0) is 19.1 Å². The minimum absolute atomic E-state index is 0.321. The third kappa shape index (κ3) is 4.56. The molecule has 0 fully saturated rings. The van der Waals surface area contributed by atoms with E-state index in [1.54, 1.807) is 0 Å². The number of aliphatic hydroxyl groups excluding tert-OH is 1. The summed E-state index contributed by atoms with van der Waals surface area (Å²) in [5.74, 6) is -4.31. The molecule has 0 aliphatic heterocycles. The van der Waals surface area contributed by atoms with Crippen LogP contribution in [0.15, 0.2) is 11.3 Å². The Kier molecular flexibility index (Phi) is 5.79. The maximum atomic E-state index is 11.1. The van der Waals surface area contributed by atoms with E-state index in [4.69, 9.17) is 15.3 Å². The quantitative estimate of drug-likeness (QED) is 0.395. The predicted molar refractivity (Wildman–Crippen MR) is 50.6 cm³/mol.